The Hall–Kier alpha value is -1.52. The van der Waals surface area contributed by atoms with Crippen LogP contribution in [0.4, 0.5) is 26.3 Å². The number of alkyl halides is 6. The minimum Gasteiger partial charge on any atom is -0.374 e. The number of benzene rings is 1. The number of amides is 1. The van der Waals surface area contributed by atoms with Gasteiger partial charge in [-0.1, -0.05) is 11.6 Å². The van der Waals surface area contributed by atoms with Crippen LogP contribution in [0.5, 0.6) is 0 Å². The molecule has 0 aliphatic heterocycles. The van der Waals surface area contributed by atoms with Crippen molar-refractivity contribution < 1.29 is 35.9 Å². The number of hydrogen-bond donors (Lipinski definition) is 2. The van der Waals surface area contributed by atoms with Crippen LogP contribution in [0, 0.1) is 17.8 Å². The first-order chi connectivity index (χ1) is 15.3. The molecule has 0 unspecified atom stereocenters. The predicted octanol–water partition coefficient (Wildman–Crippen LogP) is 5.47. The highest BCUT2D eigenvalue weighted by Gasteiger charge is 2.72. The molecule has 4 bridgehead atoms. The molecule has 2 N–H and O–H groups in total. The third kappa shape index (κ3) is 4.84. The molecule has 0 saturated heterocycles. The summed E-state index contributed by atoms with van der Waals surface area (Å²) < 4.78 is 88.7. The number of nitrogens with one attached hydrogen (secondary N) is 2. The van der Waals surface area contributed by atoms with Crippen molar-refractivity contribution in [1.29, 1.82) is 0 Å². The Morgan fingerprint density at radius 1 is 0.939 bits per heavy atom. The average molecular weight is 499 g/mol. The zero-order valence-electron chi connectivity index (χ0n) is 17.7. The summed E-state index contributed by atoms with van der Waals surface area (Å²) in [5.74, 6) is 0.0303. The van der Waals surface area contributed by atoms with E-state index in [4.69, 9.17) is 16.3 Å². The Morgan fingerprint density at radius 3 is 1.88 bits per heavy atom. The SMILES string of the molecule is O=C(NC(NCCOC12CC3CC(CC(C3)C1)C2)(C(F)(F)F)C(F)(F)F)c1ccc(Cl)cc1. The highest BCUT2D eigenvalue weighted by molar-refractivity contribution is 6.30. The van der Waals surface area contributed by atoms with Gasteiger partial charge in [0.05, 0.1) is 12.2 Å². The first-order valence-electron chi connectivity index (χ1n) is 10.9. The highest BCUT2D eigenvalue weighted by Crippen LogP contribution is 2.57. The lowest BCUT2D eigenvalue weighted by molar-refractivity contribution is -0.314. The smallest absolute Gasteiger partial charge is 0.374 e. The van der Waals surface area contributed by atoms with Crippen molar-refractivity contribution in [2.45, 2.75) is 62.1 Å². The van der Waals surface area contributed by atoms with Crippen LogP contribution in [0.3, 0.4) is 0 Å². The summed E-state index contributed by atoms with van der Waals surface area (Å²) >= 11 is 5.67. The lowest BCUT2D eigenvalue weighted by Crippen LogP contribution is -2.75. The minimum atomic E-state index is -5.85. The van der Waals surface area contributed by atoms with Crippen molar-refractivity contribution in [3.05, 3.63) is 34.9 Å². The van der Waals surface area contributed by atoms with Crippen molar-refractivity contribution in [1.82, 2.24) is 10.6 Å². The van der Waals surface area contributed by atoms with Gasteiger partial charge in [0.15, 0.2) is 0 Å². The fraction of sp³-hybridized carbons (Fsp3) is 0.682. The number of carbonyl (C=O) groups is 1. The Bertz CT molecular complexity index is 822. The molecule has 4 aliphatic carbocycles. The van der Waals surface area contributed by atoms with Crippen LogP contribution in [-0.2, 0) is 4.74 Å². The molecule has 1 aromatic carbocycles. The molecule has 4 fully saturated rings. The Labute approximate surface area is 192 Å². The summed E-state index contributed by atoms with van der Waals surface area (Å²) in [4.78, 5) is 12.3. The lowest BCUT2D eigenvalue weighted by atomic mass is 9.54. The molecule has 1 aromatic rings. The molecular weight excluding hydrogens is 474 g/mol. The van der Waals surface area contributed by atoms with Crippen LogP contribution >= 0.6 is 11.6 Å². The highest BCUT2D eigenvalue weighted by atomic mass is 35.5. The molecule has 0 radical (unpaired) electrons. The molecule has 0 aromatic heterocycles. The monoisotopic (exact) mass is 498 g/mol. The van der Waals surface area contributed by atoms with Crippen LogP contribution < -0.4 is 10.6 Å². The van der Waals surface area contributed by atoms with Crippen LogP contribution in [0.2, 0.25) is 5.02 Å². The van der Waals surface area contributed by atoms with Gasteiger partial charge in [-0.3, -0.25) is 10.1 Å². The maximum absolute atomic E-state index is 13.8. The molecule has 184 valence electrons. The van der Waals surface area contributed by atoms with E-state index in [1.165, 1.54) is 17.4 Å². The van der Waals surface area contributed by atoms with Crippen molar-refractivity contribution in [3.63, 3.8) is 0 Å². The molecule has 5 rings (SSSR count). The fourth-order valence-corrected chi connectivity index (χ4v) is 6.23. The molecule has 1 amide bonds. The van der Waals surface area contributed by atoms with E-state index in [-0.39, 0.29) is 17.2 Å². The van der Waals surface area contributed by atoms with Crippen molar-refractivity contribution in [2.24, 2.45) is 17.8 Å². The molecule has 0 atom stereocenters. The topological polar surface area (TPSA) is 50.4 Å². The first kappa shape index (κ1) is 24.6. The Kier molecular flexibility index (Phi) is 6.42. The number of hydrogen-bond acceptors (Lipinski definition) is 3. The second-order valence-electron chi connectivity index (χ2n) is 9.58. The maximum atomic E-state index is 13.8. The molecule has 4 aliphatic rings. The van der Waals surface area contributed by atoms with Gasteiger partial charge in [-0.2, -0.15) is 26.3 Å². The van der Waals surface area contributed by atoms with Gasteiger partial charge in [-0.25, -0.2) is 0 Å². The van der Waals surface area contributed by atoms with Gasteiger partial charge in [0.25, 0.3) is 11.6 Å². The van der Waals surface area contributed by atoms with E-state index >= 15 is 0 Å². The van der Waals surface area contributed by atoms with E-state index in [0.29, 0.717) is 17.8 Å². The third-order valence-corrected chi connectivity index (χ3v) is 7.39. The number of carbonyl (C=O) groups excluding carboxylic acids is 1. The van der Waals surface area contributed by atoms with E-state index in [1.807, 2.05) is 0 Å². The van der Waals surface area contributed by atoms with Crippen molar-refractivity contribution in [2.75, 3.05) is 13.2 Å². The van der Waals surface area contributed by atoms with Gasteiger partial charge in [-0.15, -0.1) is 0 Å². The van der Waals surface area contributed by atoms with Gasteiger partial charge in [0.2, 0.25) is 0 Å². The normalized spacial score (nSPS) is 29.4. The maximum Gasteiger partial charge on any atom is 0.434 e. The van der Waals surface area contributed by atoms with Gasteiger partial charge in [0.1, 0.15) is 0 Å². The standard InChI is InChI=1S/C22H25ClF6N2O2/c23-17-3-1-16(2-4-17)18(32)31-20(21(24,25)26,22(27,28)29)30-5-6-33-19-10-13-7-14(11-19)9-15(8-13)12-19/h1-4,13-15,30H,5-12H2,(H,31,32). The molecule has 33 heavy (non-hydrogen) atoms. The fourth-order valence-electron chi connectivity index (χ4n) is 6.10. The molecule has 4 saturated carbocycles. The zero-order chi connectivity index (χ0) is 24.1. The van der Waals surface area contributed by atoms with Gasteiger partial charge in [0, 0.05) is 17.1 Å². The summed E-state index contributed by atoms with van der Waals surface area (Å²) in [5.41, 5.74) is -5.46. The molecular formula is C22H25ClF6N2O2. The second kappa shape index (κ2) is 8.61. The minimum absolute atomic E-state index is 0.185. The molecule has 0 heterocycles. The molecule has 0 spiro atoms. The lowest BCUT2D eigenvalue weighted by Gasteiger charge is -2.56. The number of halogens is 7. The predicted molar refractivity (Wildman–Crippen MR) is 109 cm³/mol. The molecule has 11 heteroatoms. The van der Waals surface area contributed by atoms with E-state index < -0.39 is 36.1 Å². The van der Waals surface area contributed by atoms with Crippen LogP contribution in [0.1, 0.15) is 48.9 Å². The van der Waals surface area contributed by atoms with Crippen LogP contribution in [0.25, 0.3) is 0 Å². The largest absolute Gasteiger partial charge is 0.434 e. The number of ether oxygens (including phenoxy) is 1. The van der Waals surface area contributed by atoms with Crippen molar-refractivity contribution in [3.8, 4) is 0 Å². The van der Waals surface area contributed by atoms with E-state index in [0.717, 1.165) is 56.0 Å². The van der Waals surface area contributed by atoms with Gasteiger partial charge < -0.3 is 10.1 Å². The molecule has 4 nitrogen and oxygen atoms in total. The first-order valence-corrected chi connectivity index (χ1v) is 11.3. The summed E-state index contributed by atoms with van der Waals surface area (Å²) in [6.45, 7) is -1.06. The van der Waals surface area contributed by atoms with Gasteiger partial charge in [-0.05, 0) is 80.5 Å². The van der Waals surface area contributed by atoms with Crippen molar-refractivity contribution >= 4 is 17.5 Å². The van der Waals surface area contributed by atoms with E-state index in [2.05, 4.69) is 0 Å². The summed E-state index contributed by atoms with van der Waals surface area (Å²) in [6, 6.07) is 4.49. The van der Waals surface area contributed by atoms with Gasteiger partial charge >= 0.3 is 12.4 Å². The quantitative estimate of drug-likeness (QED) is 0.298. The Morgan fingerprint density at radius 2 is 1.42 bits per heavy atom. The number of rotatable bonds is 7. The zero-order valence-corrected chi connectivity index (χ0v) is 18.4. The third-order valence-electron chi connectivity index (χ3n) is 7.14. The summed E-state index contributed by atoms with van der Waals surface area (Å²) in [7, 11) is 0. The van der Waals surface area contributed by atoms with Crippen LogP contribution in [-0.4, -0.2) is 42.7 Å². The summed E-state index contributed by atoms with van der Waals surface area (Å²) in [5, 5.41) is 2.85. The Balaban J connectivity index is 1.46. The van der Waals surface area contributed by atoms with E-state index in [9.17, 15) is 31.1 Å². The average Bonchev–Trinajstić information content (AvgIpc) is 2.67. The second-order valence-corrected chi connectivity index (χ2v) is 10.0. The van der Waals surface area contributed by atoms with E-state index in [1.54, 1.807) is 0 Å². The van der Waals surface area contributed by atoms with Crippen LogP contribution in [0.15, 0.2) is 24.3 Å². The summed E-state index contributed by atoms with van der Waals surface area (Å²) in [6.07, 6.45) is -5.92.